The Morgan fingerprint density at radius 3 is 2.90 bits per heavy atom. The van der Waals surface area contributed by atoms with E-state index < -0.39 is 41.7 Å². The van der Waals surface area contributed by atoms with Gasteiger partial charge in [-0.1, -0.05) is 23.2 Å². The smallest absolute Gasteiger partial charge is 0.330 e. The van der Waals surface area contributed by atoms with Crippen LogP contribution in [0.25, 0.3) is 0 Å². The number of aliphatic hydroxyl groups excluding tert-OH is 1. The highest BCUT2D eigenvalue weighted by atomic mass is 127. The number of carbonyl (C=O) groups excluding carboxylic acids is 1. The van der Waals surface area contributed by atoms with Crippen LogP contribution in [0.3, 0.4) is 0 Å². The number of nitrogens with zero attached hydrogens (tertiary/aromatic N) is 1. The Morgan fingerprint density at radius 1 is 1.47 bits per heavy atom. The van der Waals surface area contributed by atoms with Crippen molar-refractivity contribution in [2.24, 2.45) is 0 Å². The maximum absolute atomic E-state index is 12.3. The summed E-state index contributed by atoms with van der Waals surface area (Å²) < 4.78 is 12.8. The quantitative estimate of drug-likeness (QED) is 0.455. The Hall–Kier alpha value is -1.60. The first-order chi connectivity index (χ1) is 14.2. The molecule has 2 aromatic rings. The lowest BCUT2D eigenvalue weighted by Gasteiger charge is -2.19. The van der Waals surface area contributed by atoms with Gasteiger partial charge in [0.2, 0.25) is 0 Å². The van der Waals surface area contributed by atoms with Gasteiger partial charge in [-0.15, -0.1) is 0 Å². The standard InChI is InChI=1S/C18H18Cl2IN3O6/c1-8(29-13-3-2-9(19)4-10(13)20)16(26)22-6-14-12(25)5-15(30-14)24-7-11(21)17(27)23-18(24)28/h2-4,7-8,12,14-15,25H,5-6H2,1H3,(H,22,26)(H,23,27,28)/t8?,12-,14+,15+/m0/s1. The lowest BCUT2D eigenvalue weighted by atomic mass is 10.2. The third-order valence-corrected chi connectivity index (χ3v) is 5.78. The van der Waals surface area contributed by atoms with E-state index in [1.165, 1.54) is 16.8 Å². The zero-order chi connectivity index (χ0) is 22.0. The largest absolute Gasteiger partial charge is 0.479 e. The van der Waals surface area contributed by atoms with Crippen molar-refractivity contribution in [2.75, 3.05) is 6.54 Å². The van der Waals surface area contributed by atoms with Gasteiger partial charge in [0.25, 0.3) is 11.5 Å². The molecule has 1 aliphatic heterocycles. The SMILES string of the molecule is CC(Oc1ccc(Cl)cc1Cl)C(=O)NC[C@H]1O[C@@H](n2cc(I)c(=O)[nH]c2=O)C[C@@H]1O. The highest BCUT2D eigenvalue weighted by Gasteiger charge is 2.36. The lowest BCUT2D eigenvalue weighted by molar-refractivity contribution is -0.128. The molecule has 9 nitrogen and oxygen atoms in total. The molecule has 1 aromatic heterocycles. The molecule has 3 rings (SSSR count). The molecular weight excluding hydrogens is 552 g/mol. The van der Waals surface area contributed by atoms with Gasteiger partial charge >= 0.3 is 5.69 Å². The number of aromatic amines is 1. The van der Waals surface area contributed by atoms with E-state index in [4.69, 9.17) is 32.7 Å². The summed E-state index contributed by atoms with van der Waals surface area (Å²) in [7, 11) is 0. The van der Waals surface area contributed by atoms with Crippen molar-refractivity contribution in [3.05, 3.63) is 58.8 Å². The van der Waals surface area contributed by atoms with Gasteiger partial charge in [0.15, 0.2) is 6.10 Å². The average molecular weight is 570 g/mol. The summed E-state index contributed by atoms with van der Waals surface area (Å²) in [4.78, 5) is 38.0. The number of benzene rings is 1. The number of aromatic nitrogens is 2. The van der Waals surface area contributed by atoms with E-state index in [2.05, 4.69) is 10.3 Å². The molecule has 30 heavy (non-hydrogen) atoms. The fourth-order valence-corrected chi connectivity index (χ4v) is 3.79. The minimum absolute atomic E-state index is 0.00768. The number of ether oxygens (including phenoxy) is 2. The monoisotopic (exact) mass is 569 g/mol. The van der Waals surface area contributed by atoms with Crippen LogP contribution in [0.2, 0.25) is 10.0 Å². The lowest BCUT2D eigenvalue weighted by Crippen LogP contribution is -2.42. The molecule has 1 unspecified atom stereocenters. The predicted molar refractivity (Wildman–Crippen MR) is 118 cm³/mol. The molecule has 1 saturated heterocycles. The molecule has 3 N–H and O–H groups in total. The summed E-state index contributed by atoms with van der Waals surface area (Å²) in [6.07, 6.45) is -1.76. The number of rotatable bonds is 6. The normalized spacial score (nSPS) is 22.0. The summed E-state index contributed by atoms with van der Waals surface area (Å²) in [6, 6.07) is 4.66. The van der Waals surface area contributed by atoms with Crippen LogP contribution in [0.15, 0.2) is 34.0 Å². The van der Waals surface area contributed by atoms with E-state index in [1.807, 2.05) is 0 Å². The first-order valence-electron chi connectivity index (χ1n) is 8.89. The van der Waals surface area contributed by atoms with E-state index in [9.17, 15) is 19.5 Å². The molecule has 0 aliphatic carbocycles. The molecule has 1 aliphatic rings. The van der Waals surface area contributed by atoms with Crippen LogP contribution in [0.1, 0.15) is 19.6 Å². The molecular formula is C18H18Cl2IN3O6. The van der Waals surface area contributed by atoms with Crippen molar-refractivity contribution in [1.82, 2.24) is 14.9 Å². The van der Waals surface area contributed by atoms with Gasteiger partial charge in [-0.25, -0.2) is 4.79 Å². The third-order valence-electron chi connectivity index (χ3n) is 4.48. The van der Waals surface area contributed by atoms with Gasteiger partial charge in [0.05, 0.1) is 14.7 Å². The number of H-pyrrole nitrogens is 1. The topological polar surface area (TPSA) is 123 Å². The van der Waals surface area contributed by atoms with Crippen LogP contribution in [0, 0.1) is 3.57 Å². The Bertz CT molecular complexity index is 1060. The fraction of sp³-hybridized carbons (Fsp3) is 0.389. The molecule has 0 spiro atoms. The first-order valence-corrected chi connectivity index (χ1v) is 10.7. The number of amides is 1. The zero-order valence-electron chi connectivity index (χ0n) is 15.6. The summed E-state index contributed by atoms with van der Waals surface area (Å²) in [5.74, 6) is -0.121. The summed E-state index contributed by atoms with van der Waals surface area (Å²) in [5.41, 5.74) is -1.13. The highest BCUT2D eigenvalue weighted by Crippen LogP contribution is 2.29. The van der Waals surface area contributed by atoms with Crippen molar-refractivity contribution in [3.63, 3.8) is 0 Å². The Kier molecular flexibility index (Phi) is 7.45. The maximum atomic E-state index is 12.3. The Morgan fingerprint density at radius 2 is 2.20 bits per heavy atom. The van der Waals surface area contributed by atoms with Crippen LogP contribution < -0.4 is 21.3 Å². The van der Waals surface area contributed by atoms with Crippen molar-refractivity contribution >= 4 is 51.7 Å². The van der Waals surface area contributed by atoms with Crippen molar-refractivity contribution < 1.29 is 19.4 Å². The van der Waals surface area contributed by atoms with Gasteiger partial charge < -0.3 is 19.9 Å². The molecule has 162 valence electrons. The van der Waals surface area contributed by atoms with E-state index >= 15 is 0 Å². The number of aliphatic hydroxyl groups is 1. The number of hydrogen-bond acceptors (Lipinski definition) is 6. The molecule has 0 radical (unpaired) electrons. The number of carbonyl (C=O) groups is 1. The predicted octanol–water partition coefficient (Wildman–Crippen LogP) is 1.68. The minimum atomic E-state index is -0.909. The van der Waals surface area contributed by atoms with Crippen molar-refractivity contribution in [1.29, 1.82) is 0 Å². The molecule has 1 fully saturated rings. The van der Waals surface area contributed by atoms with Gasteiger partial charge in [0.1, 0.15) is 18.1 Å². The highest BCUT2D eigenvalue weighted by molar-refractivity contribution is 14.1. The molecule has 12 heteroatoms. The third kappa shape index (κ3) is 5.35. The zero-order valence-corrected chi connectivity index (χ0v) is 19.3. The van der Waals surface area contributed by atoms with Gasteiger partial charge in [-0.3, -0.25) is 19.1 Å². The molecule has 0 saturated carbocycles. The number of nitrogens with one attached hydrogen (secondary N) is 2. The summed E-state index contributed by atoms with van der Waals surface area (Å²) >= 11 is 13.7. The second-order valence-electron chi connectivity index (χ2n) is 6.66. The van der Waals surface area contributed by atoms with Crippen LogP contribution >= 0.6 is 45.8 Å². The Balaban J connectivity index is 1.58. The second-order valence-corrected chi connectivity index (χ2v) is 8.66. The maximum Gasteiger partial charge on any atom is 0.330 e. The van der Waals surface area contributed by atoms with Crippen LogP contribution in [-0.2, 0) is 9.53 Å². The fourth-order valence-electron chi connectivity index (χ4n) is 2.90. The summed E-state index contributed by atoms with van der Waals surface area (Å²) in [6.45, 7) is 1.56. The van der Waals surface area contributed by atoms with E-state index in [1.54, 1.807) is 41.6 Å². The molecule has 4 atom stereocenters. The Labute approximate surface area is 194 Å². The van der Waals surface area contributed by atoms with Gasteiger partial charge in [0, 0.05) is 24.2 Å². The van der Waals surface area contributed by atoms with E-state index in [0.717, 1.165) is 0 Å². The molecule has 1 amide bonds. The summed E-state index contributed by atoms with van der Waals surface area (Å²) in [5, 5.41) is 13.6. The number of hydrogen-bond donors (Lipinski definition) is 3. The molecule has 0 bridgehead atoms. The van der Waals surface area contributed by atoms with Crippen molar-refractivity contribution in [2.45, 2.75) is 37.9 Å². The van der Waals surface area contributed by atoms with E-state index in [-0.39, 0.29) is 18.0 Å². The first kappa shape index (κ1) is 23.1. The second kappa shape index (κ2) is 9.69. The minimum Gasteiger partial charge on any atom is -0.479 e. The van der Waals surface area contributed by atoms with Crippen LogP contribution in [0.5, 0.6) is 5.75 Å². The van der Waals surface area contributed by atoms with Crippen LogP contribution in [0.4, 0.5) is 0 Å². The molecule has 1 aromatic carbocycles. The van der Waals surface area contributed by atoms with Crippen molar-refractivity contribution in [3.8, 4) is 5.75 Å². The average Bonchev–Trinajstić information content (AvgIpc) is 3.05. The number of halogens is 3. The van der Waals surface area contributed by atoms with E-state index in [0.29, 0.717) is 14.3 Å². The van der Waals surface area contributed by atoms with Crippen LogP contribution in [-0.4, -0.2) is 45.4 Å². The van der Waals surface area contributed by atoms with Gasteiger partial charge in [-0.05, 0) is 47.7 Å². The van der Waals surface area contributed by atoms with Gasteiger partial charge in [-0.2, -0.15) is 0 Å². The molecule has 2 heterocycles.